The van der Waals surface area contributed by atoms with E-state index >= 15 is 0 Å². The van der Waals surface area contributed by atoms with Gasteiger partial charge in [-0.15, -0.1) is 6.58 Å². The van der Waals surface area contributed by atoms with E-state index in [4.69, 9.17) is 0 Å². The van der Waals surface area contributed by atoms with Crippen molar-refractivity contribution in [3.05, 3.63) is 77.4 Å². The van der Waals surface area contributed by atoms with Crippen molar-refractivity contribution in [3.63, 3.8) is 0 Å². The molecule has 0 bridgehead atoms. The van der Waals surface area contributed by atoms with Crippen molar-refractivity contribution in [1.82, 2.24) is 0 Å². The van der Waals surface area contributed by atoms with Gasteiger partial charge in [0, 0.05) is 11.3 Å². The van der Waals surface area contributed by atoms with Gasteiger partial charge in [-0.25, -0.2) is 0 Å². The fraction of sp³-hybridized carbons (Fsp3) is 0.167. The zero-order chi connectivity index (χ0) is 14.3. The van der Waals surface area contributed by atoms with E-state index in [1.807, 2.05) is 41.3 Å². The van der Waals surface area contributed by atoms with Gasteiger partial charge in [0.05, 0.1) is 6.04 Å². The van der Waals surface area contributed by atoms with Crippen LogP contribution in [0.3, 0.4) is 0 Å². The third-order valence-corrected chi connectivity index (χ3v) is 4.00. The molecule has 0 N–H and O–H groups in total. The van der Waals surface area contributed by atoms with Crippen LogP contribution in [0.4, 0.5) is 5.69 Å². The topological polar surface area (TPSA) is 20.3 Å². The molecule has 0 saturated heterocycles. The zero-order valence-electron chi connectivity index (χ0n) is 11.8. The summed E-state index contributed by atoms with van der Waals surface area (Å²) >= 11 is 0. The SMILES string of the molecule is C=CC1c2ccccc2C(=O)N1c1ccc(C)c(C)c1. The Balaban J connectivity index is 2.13. The summed E-state index contributed by atoms with van der Waals surface area (Å²) in [6.07, 6.45) is 1.83. The number of aryl methyl sites for hydroxylation is 2. The van der Waals surface area contributed by atoms with Gasteiger partial charge in [0.25, 0.3) is 5.91 Å². The molecule has 1 aliphatic rings. The molecule has 0 aliphatic carbocycles. The summed E-state index contributed by atoms with van der Waals surface area (Å²) in [6.45, 7) is 8.04. The molecular formula is C18H17NO. The maximum Gasteiger partial charge on any atom is 0.259 e. The maximum atomic E-state index is 12.6. The second-order valence-electron chi connectivity index (χ2n) is 5.21. The number of anilines is 1. The molecule has 0 fully saturated rings. The van der Waals surface area contributed by atoms with E-state index in [9.17, 15) is 4.79 Å². The van der Waals surface area contributed by atoms with Crippen molar-refractivity contribution in [2.45, 2.75) is 19.9 Å². The third kappa shape index (κ3) is 1.76. The van der Waals surface area contributed by atoms with Crippen LogP contribution in [0.2, 0.25) is 0 Å². The Morgan fingerprint density at radius 1 is 1.10 bits per heavy atom. The van der Waals surface area contributed by atoms with E-state index in [0.717, 1.165) is 16.8 Å². The monoisotopic (exact) mass is 263 g/mol. The first-order valence-electron chi connectivity index (χ1n) is 6.76. The molecule has 1 heterocycles. The highest BCUT2D eigenvalue weighted by atomic mass is 16.2. The van der Waals surface area contributed by atoms with Crippen LogP contribution in [0.15, 0.2) is 55.1 Å². The predicted octanol–water partition coefficient (Wildman–Crippen LogP) is 4.19. The van der Waals surface area contributed by atoms with Gasteiger partial charge in [0.15, 0.2) is 0 Å². The van der Waals surface area contributed by atoms with E-state index < -0.39 is 0 Å². The number of benzene rings is 2. The second-order valence-corrected chi connectivity index (χ2v) is 5.21. The average molecular weight is 263 g/mol. The fourth-order valence-corrected chi connectivity index (χ4v) is 2.73. The van der Waals surface area contributed by atoms with E-state index in [1.165, 1.54) is 11.1 Å². The molecule has 20 heavy (non-hydrogen) atoms. The highest BCUT2D eigenvalue weighted by Crippen LogP contribution is 2.38. The Morgan fingerprint density at radius 3 is 2.55 bits per heavy atom. The smallest absolute Gasteiger partial charge is 0.259 e. The lowest BCUT2D eigenvalue weighted by molar-refractivity contribution is 0.0994. The highest BCUT2D eigenvalue weighted by molar-refractivity contribution is 6.11. The number of carbonyl (C=O) groups excluding carboxylic acids is 1. The summed E-state index contributed by atoms with van der Waals surface area (Å²) in [5.41, 5.74) is 5.16. The highest BCUT2D eigenvalue weighted by Gasteiger charge is 2.35. The van der Waals surface area contributed by atoms with E-state index in [2.05, 4.69) is 32.6 Å². The van der Waals surface area contributed by atoms with Gasteiger partial charge in [-0.05, 0) is 48.7 Å². The predicted molar refractivity (Wildman–Crippen MR) is 82.1 cm³/mol. The molecule has 2 aromatic rings. The summed E-state index contributed by atoms with van der Waals surface area (Å²) in [5.74, 6) is 0.0498. The molecule has 100 valence electrons. The number of fused-ring (bicyclic) bond motifs is 1. The van der Waals surface area contributed by atoms with Crippen LogP contribution < -0.4 is 4.90 Å². The van der Waals surface area contributed by atoms with Gasteiger partial charge in [0.1, 0.15) is 0 Å². The summed E-state index contributed by atoms with van der Waals surface area (Å²) in [6, 6.07) is 13.8. The number of nitrogens with zero attached hydrogens (tertiary/aromatic N) is 1. The first kappa shape index (κ1) is 12.7. The minimum atomic E-state index is -0.0826. The molecule has 0 saturated carbocycles. The lowest BCUT2D eigenvalue weighted by Crippen LogP contribution is -2.26. The van der Waals surface area contributed by atoms with Gasteiger partial charge in [-0.2, -0.15) is 0 Å². The molecule has 0 radical (unpaired) electrons. The van der Waals surface area contributed by atoms with Crippen LogP contribution >= 0.6 is 0 Å². The molecule has 1 aliphatic heterocycles. The van der Waals surface area contributed by atoms with Crippen LogP contribution in [-0.4, -0.2) is 5.91 Å². The van der Waals surface area contributed by atoms with Crippen LogP contribution in [0.1, 0.15) is 33.1 Å². The minimum Gasteiger partial charge on any atom is -0.297 e. The quantitative estimate of drug-likeness (QED) is 0.744. The molecule has 0 aromatic heterocycles. The molecule has 0 spiro atoms. The van der Waals surface area contributed by atoms with Gasteiger partial charge in [-0.3, -0.25) is 9.69 Å². The molecule has 2 aromatic carbocycles. The standard InChI is InChI=1S/C18H17NO/c1-4-17-15-7-5-6-8-16(15)18(20)19(17)14-10-9-12(2)13(3)11-14/h4-11,17H,1H2,2-3H3. The van der Waals surface area contributed by atoms with Crippen LogP contribution in [0.5, 0.6) is 0 Å². The molecule has 2 nitrogen and oxygen atoms in total. The van der Waals surface area contributed by atoms with Gasteiger partial charge >= 0.3 is 0 Å². The van der Waals surface area contributed by atoms with Crippen molar-refractivity contribution in [2.75, 3.05) is 4.90 Å². The Kier molecular flexibility index (Phi) is 2.94. The Bertz CT molecular complexity index is 702. The largest absolute Gasteiger partial charge is 0.297 e. The van der Waals surface area contributed by atoms with Crippen LogP contribution in [-0.2, 0) is 0 Å². The van der Waals surface area contributed by atoms with Gasteiger partial charge < -0.3 is 0 Å². The van der Waals surface area contributed by atoms with E-state index in [1.54, 1.807) is 0 Å². The van der Waals surface area contributed by atoms with Crippen molar-refractivity contribution < 1.29 is 4.79 Å². The number of carbonyl (C=O) groups is 1. The van der Waals surface area contributed by atoms with Crippen molar-refractivity contribution in [3.8, 4) is 0 Å². The van der Waals surface area contributed by atoms with Crippen molar-refractivity contribution >= 4 is 11.6 Å². The van der Waals surface area contributed by atoms with Gasteiger partial charge in [-0.1, -0.05) is 30.3 Å². The summed E-state index contributed by atoms with van der Waals surface area (Å²) in [4.78, 5) is 14.5. The number of amides is 1. The Morgan fingerprint density at radius 2 is 1.85 bits per heavy atom. The summed E-state index contributed by atoms with van der Waals surface area (Å²) in [5, 5.41) is 0. The molecule has 1 amide bonds. The molecule has 2 heteroatoms. The summed E-state index contributed by atoms with van der Waals surface area (Å²) in [7, 11) is 0. The normalized spacial score (nSPS) is 17.2. The lowest BCUT2D eigenvalue weighted by Gasteiger charge is -2.23. The van der Waals surface area contributed by atoms with Gasteiger partial charge in [0.2, 0.25) is 0 Å². The maximum absolute atomic E-state index is 12.6. The van der Waals surface area contributed by atoms with E-state index in [0.29, 0.717) is 0 Å². The fourth-order valence-electron chi connectivity index (χ4n) is 2.73. The minimum absolute atomic E-state index is 0.0498. The van der Waals surface area contributed by atoms with Crippen molar-refractivity contribution in [2.24, 2.45) is 0 Å². The average Bonchev–Trinajstić information content (AvgIpc) is 2.75. The number of hydrogen-bond acceptors (Lipinski definition) is 1. The zero-order valence-corrected chi connectivity index (χ0v) is 11.8. The Labute approximate surface area is 119 Å². The van der Waals surface area contributed by atoms with Crippen LogP contribution in [0, 0.1) is 13.8 Å². The number of rotatable bonds is 2. The second kappa shape index (κ2) is 4.64. The molecule has 3 rings (SSSR count). The molecular weight excluding hydrogens is 246 g/mol. The molecule has 1 unspecified atom stereocenters. The first-order valence-corrected chi connectivity index (χ1v) is 6.76. The number of hydrogen-bond donors (Lipinski definition) is 0. The first-order chi connectivity index (χ1) is 9.63. The van der Waals surface area contributed by atoms with Crippen molar-refractivity contribution in [1.29, 1.82) is 0 Å². The van der Waals surface area contributed by atoms with Crippen LogP contribution in [0.25, 0.3) is 0 Å². The van der Waals surface area contributed by atoms with E-state index in [-0.39, 0.29) is 11.9 Å². The summed E-state index contributed by atoms with van der Waals surface area (Å²) < 4.78 is 0. The molecule has 1 atom stereocenters. The Hall–Kier alpha value is -2.35. The lowest BCUT2D eigenvalue weighted by atomic mass is 10.0. The third-order valence-electron chi connectivity index (χ3n) is 4.00.